The summed E-state index contributed by atoms with van der Waals surface area (Å²) in [6, 6.07) is 7.70. The van der Waals surface area contributed by atoms with Gasteiger partial charge in [-0.25, -0.2) is 0 Å². The summed E-state index contributed by atoms with van der Waals surface area (Å²) in [5.74, 6) is 0.773. The Labute approximate surface area is 179 Å². The molecule has 0 radical (unpaired) electrons. The first-order chi connectivity index (χ1) is 14.0. The Hall–Kier alpha value is -2.72. The second kappa shape index (κ2) is 12.0. The minimum Gasteiger partial charge on any atom is -0.402 e. The van der Waals surface area contributed by atoms with Crippen molar-refractivity contribution < 1.29 is 0 Å². The van der Waals surface area contributed by atoms with Crippen LogP contribution in [0, 0.1) is 0 Å². The normalized spacial score (nSPS) is 14.8. The summed E-state index contributed by atoms with van der Waals surface area (Å²) in [7, 11) is 0. The number of amidine groups is 1. The molecular weight excluding hydrogens is 380 g/mol. The third-order valence-corrected chi connectivity index (χ3v) is 4.81. The predicted molar refractivity (Wildman–Crippen MR) is 126 cm³/mol. The third kappa shape index (κ3) is 7.66. The number of hydrogen-bond acceptors (Lipinski definition) is 3. The SMILES string of the molecule is C=C(/C=C\C=C/NCCC)C(=C)NC(=NCc1ccc(Cl)cc1)C1=C(N)CCC1. The van der Waals surface area contributed by atoms with Crippen LogP contribution in [0.1, 0.15) is 38.2 Å². The van der Waals surface area contributed by atoms with Gasteiger partial charge in [-0.1, -0.05) is 56.0 Å². The summed E-state index contributed by atoms with van der Waals surface area (Å²) in [4.78, 5) is 4.78. The van der Waals surface area contributed by atoms with Gasteiger partial charge in [0.15, 0.2) is 0 Å². The van der Waals surface area contributed by atoms with Crippen LogP contribution in [0.15, 0.2) is 89.4 Å². The van der Waals surface area contributed by atoms with E-state index < -0.39 is 0 Å². The summed E-state index contributed by atoms with van der Waals surface area (Å²) >= 11 is 5.97. The molecule has 0 aliphatic heterocycles. The van der Waals surface area contributed by atoms with E-state index in [1.165, 1.54) is 0 Å². The first-order valence-electron chi connectivity index (χ1n) is 9.99. The van der Waals surface area contributed by atoms with Crippen LogP contribution >= 0.6 is 11.6 Å². The average Bonchev–Trinajstić information content (AvgIpc) is 3.14. The minimum atomic E-state index is 0.539. The molecule has 0 unspecified atom stereocenters. The molecule has 0 saturated carbocycles. The highest BCUT2D eigenvalue weighted by atomic mass is 35.5. The molecule has 4 nitrogen and oxygen atoms in total. The lowest BCUT2D eigenvalue weighted by Gasteiger charge is -2.15. The topological polar surface area (TPSA) is 62.4 Å². The molecule has 2 rings (SSSR count). The van der Waals surface area contributed by atoms with Gasteiger partial charge in [0.25, 0.3) is 0 Å². The van der Waals surface area contributed by atoms with Crippen molar-refractivity contribution in [3.05, 3.63) is 95.0 Å². The van der Waals surface area contributed by atoms with Gasteiger partial charge in [0.05, 0.1) is 6.54 Å². The lowest BCUT2D eigenvalue weighted by Crippen LogP contribution is -2.26. The number of halogens is 1. The van der Waals surface area contributed by atoms with Gasteiger partial charge >= 0.3 is 0 Å². The lowest BCUT2D eigenvalue weighted by atomic mass is 10.1. The Morgan fingerprint density at radius 2 is 1.97 bits per heavy atom. The van der Waals surface area contributed by atoms with Crippen LogP contribution in [-0.4, -0.2) is 12.4 Å². The number of benzene rings is 1. The lowest BCUT2D eigenvalue weighted by molar-refractivity contribution is 0.809. The highest BCUT2D eigenvalue weighted by Crippen LogP contribution is 2.24. The highest BCUT2D eigenvalue weighted by Gasteiger charge is 2.18. The van der Waals surface area contributed by atoms with Crippen LogP contribution in [0.4, 0.5) is 0 Å². The quantitative estimate of drug-likeness (QED) is 0.210. The van der Waals surface area contributed by atoms with Gasteiger partial charge < -0.3 is 16.4 Å². The molecule has 1 aromatic rings. The summed E-state index contributed by atoms with van der Waals surface area (Å²) in [6.07, 6.45) is 11.7. The fourth-order valence-corrected chi connectivity index (χ4v) is 2.98. The molecule has 0 saturated heterocycles. The summed E-state index contributed by atoms with van der Waals surface area (Å²) in [5, 5.41) is 7.25. The van der Waals surface area contributed by atoms with Crippen molar-refractivity contribution in [1.29, 1.82) is 0 Å². The van der Waals surface area contributed by atoms with Gasteiger partial charge in [-0.05, 0) is 61.2 Å². The summed E-state index contributed by atoms with van der Waals surface area (Å²) < 4.78 is 0. The second-order valence-corrected chi connectivity index (χ2v) is 7.39. The Balaban J connectivity index is 2.06. The monoisotopic (exact) mass is 410 g/mol. The van der Waals surface area contributed by atoms with Crippen molar-refractivity contribution in [3.63, 3.8) is 0 Å². The highest BCUT2D eigenvalue weighted by molar-refractivity contribution is 6.30. The maximum Gasteiger partial charge on any atom is 0.130 e. The van der Waals surface area contributed by atoms with Crippen molar-refractivity contribution >= 4 is 17.4 Å². The molecule has 1 aromatic carbocycles. The number of nitrogens with one attached hydrogen (secondary N) is 2. The smallest absolute Gasteiger partial charge is 0.130 e. The first kappa shape index (κ1) is 22.6. The number of aliphatic imine (C=N–C) groups is 1. The van der Waals surface area contributed by atoms with Gasteiger partial charge in [0.1, 0.15) is 5.84 Å². The molecule has 4 N–H and O–H groups in total. The van der Waals surface area contributed by atoms with Gasteiger partial charge in [0.2, 0.25) is 0 Å². The van der Waals surface area contributed by atoms with Crippen molar-refractivity contribution in [3.8, 4) is 0 Å². The zero-order valence-electron chi connectivity index (χ0n) is 17.2. The van der Waals surface area contributed by atoms with E-state index >= 15 is 0 Å². The van der Waals surface area contributed by atoms with E-state index in [4.69, 9.17) is 22.3 Å². The van der Waals surface area contributed by atoms with E-state index in [9.17, 15) is 0 Å². The fraction of sp³-hybridized carbons (Fsp3) is 0.292. The minimum absolute atomic E-state index is 0.539. The number of rotatable bonds is 10. The maximum absolute atomic E-state index is 6.22. The molecule has 1 aliphatic carbocycles. The molecule has 154 valence electrons. The molecule has 0 spiro atoms. The molecule has 0 atom stereocenters. The van der Waals surface area contributed by atoms with Gasteiger partial charge in [0, 0.05) is 28.5 Å². The molecular formula is C24H31ClN4. The molecule has 0 aromatic heterocycles. The van der Waals surface area contributed by atoms with E-state index in [2.05, 4.69) is 30.7 Å². The van der Waals surface area contributed by atoms with E-state index in [0.717, 1.165) is 60.5 Å². The Bertz CT molecular complexity index is 829. The molecule has 0 amide bonds. The molecule has 1 aliphatic rings. The van der Waals surface area contributed by atoms with Gasteiger partial charge in [-0.2, -0.15) is 0 Å². The van der Waals surface area contributed by atoms with Gasteiger partial charge in [-0.3, -0.25) is 4.99 Å². The van der Waals surface area contributed by atoms with Crippen LogP contribution in [0.2, 0.25) is 5.02 Å². The van der Waals surface area contributed by atoms with Crippen molar-refractivity contribution in [2.45, 2.75) is 39.2 Å². The predicted octanol–water partition coefficient (Wildman–Crippen LogP) is 5.36. The van der Waals surface area contributed by atoms with Crippen LogP contribution in [0.25, 0.3) is 0 Å². The largest absolute Gasteiger partial charge is 0.402 e. The third-order valence-electron chi connectivity index (χ3n) is 4.55. The summed E-state index contributed by atoms with van der Waals surface area (Å²) in [5.41, 5.74) is 10.8. The van der Waals surface area contributed by atoms with Crippen molar-refractivity contribution in [2.24, 2.45) is 10.7 Å². The Morgan fingerprint density at radius 1 is 1.21 bits per heavy atom. The van der Waals surface area contributed by atoms with E-state index in [0.29, 0.717) is 17.3 Å². The van der Waals surface area contributed by atoms with Crippen molar-refractivity contribution in [2.75, 3.05) is 6.54 Å². The number of hydrogen-bond donors (Lipinski definition) is 3. The van der Waals surface area contributed by atoms with E-state index in [1.54, 1.807) is 0 Å². The summed E-state index contributed by atoms with van der Waals surface area (Å²) in [6.45, 7) is 11.9. The van der Waals surface area contributed by atoms with E-state index in [-0.39, 0.29) is 0 Å². The molecule has 0 fully saturated rings. The van der Waals surface area contributed by atoms with Crippen LogP contribution in [-0.2, 0) is 6.54 Å². The molecule has 29 heavy (non-hydrogen) atoms. The number of nitrogens with zero attached hydrogens (tertiary/aromatic N) is 1. The average molecular weight is 411 g/mol. The van der Waals surface area contributed by atoms with Crippen LogP contribution < -0.4 is 16.4 Å². The maximum atomic E-state index is 6.22. The first-order valence-corrected chi connectivity index (χ1v) is 10.4. The van der Waals surface area contributed by atoms with Crippen LogP contribution in [0.5, 0.6) is 0 Å². The Kier molecular flexibility index (Phi) is 9.32. The molecule has 5 heteroatoms. The fourth-order valence-electron chi connectivity index (χ4n) is 2.85. The number of nitrogens with two attached hydrogens (primary N) is 1. The van der Waals surface area contributed by atoms with Gasteiger partial charge in [-0.15, -0.1) is 0 Å². The molecule has 0 heterocycles. The van der Waals surface area contributed by atoms with Crippen molar-refractivity contribution in [1.82, 2.24) is 10.6 Å². The van der Waals surface area contributed by atoms with Crippen LogP contribution in [0.3, 0.4) is 0 Å². The zero-order chi connectivity index (χ0) is 21.1. The second-order valence-electron chi connectivity index (χ2n) is 6.95. The standard InChI is InChI=1S/C24H31ClN4/c1-4-15-27-16-6-5-8-18(2)19(3)29-24(22-9-7-10-23(22)26)28-17-20-11-13-21(25)14-12-20/h5-6,8,11-14,16,27H,2-4,7,9-10,15,17,26H2,1H3,(H,28,29)/b8-5-,16-6-. The number of allylic oxidation sites excluding steroid dienone is 4. The Morgan fingerprint density at radius 3 is 2.62 bits per heavy atom. The molecule has 0 bridgehead atoms. The van der Waals surface area contributed by atoms with E-state index in [1.807, 2.05) is 48.7 Å². The zero-order valence-corrected chi connectivity index (χ0v) is 17.9.